The summed E-state index contributed by atoms with van der Waals surface area (Å²) in [6.07, 6.45) is 5.87. The van der Waals surface area contributed by atoms with E-state index in [-0.39, 0.29) is 11.7 Å². The van der Waals surface area contributed by atoms with E-state index in [1.54, 1.807) is 0 Å². The molecule has 1 aromatic carbocycles. The second-order valence-electron chi connectivity index (χ2n) is 5.09. The third-order valence-corrected chi connectivity index (χ3v) is 3.72. The van der Waals surface area contributed by atoms with Crippen molar-refractivity contribution in [1.82, 2.24) is 0 Å². The number of hydrogen-bond acceptors (Lipinski definition) is 1. The fraction of sp³-hybridized carbons (Fsp3) is 0.438. The van der Waals surface area contributed by atoms with Crippen molar-refractivity contribution >= 4 is 5.78 Å². The van der Waals surface area contributed by atoms with Crippen molar-refractivity contribution in [3.05, 3.63) is 47.5 Å². The van der Waals surface area contributed by atoms with Gasteiger partial charge in [0.15, 0.2) is 5.78 Å². The molecular weight excluding hydrogens is 208 g/mol. The molecule has 0 radical (unpaired) electrons. The molecule has 1 aliphatic carbocycles. The van der Waals surface area contributed by atoms with E-state index in [4.69, 9.17) is 0 Å². The molecule has 17 heavy (non-hydrogen) atoms. The van der Waals surface area contributed by atoms with E-state index in [1.807, 2.05) is 30.3 Å². The molecule has 0 bridgehead atoms. The molecule has 1 nitrogen and oxygen atoms in total. The Morgan fingerprint density at radius 1 is 1.29 bits per heavy atom. The summed E-state index contributed by atoms with van der Waals surface area (Å²) in [5.74, 6) is 0.811. The molecule has 90 valence electrons. The van der Waals surface area contributed by atoms with Crippen LogP contribution < -0.4 is 0 Å². The van der Waals surface area contributed by atoms with E-state index in [2.05, 4.69) is 19.9 Å². The lowest BCUT2D eigenvalue weighted by molar-refractivity contribution is 0.0897. The predicted octanol–water partition coefficient (Wildman–Crippen LogP) is 4.25. The second-order valence-corrected chi connectivity index (χ2v) is 5.09. The zero-order valence-electron chi connectivity index (χ0n) is 10.6. The molecule has 0 saturated heterocycles. The van der Waals surface area contributed by atoms with Crippen molar-refractivity contribution < 1.29 is 4.79 Å². The first-order valence-corrected chi connectivity index (χ1v) is 6.45. The minimum absolute atomic E-state index is 0.104. The van der Waals surface area contributed by atoms with Gasteiger partial charge in [-0.15, -0.1) is 0 Å². The summed E-state index contributed by atoms with van der Waals surface area (Å²) >= 11 is 0. The van der Waals surface area contributed by atoms with E-state index in [0.717, 1.165) is 12.0 Å². The van der Waals surface area contributed by atoms with Crippen LogP contribution in [0.25, 0.3) is 0 Å². The maximum atomic E-state index is 12.3. The van der Waals surface area contributed by atoms with Gasteiger partial charge in [-0.25, -0.2) is 0 Å². The third-order valence-electron chi connectivity index (χ3n) is 3.72. The summed E-state index contributed by atoms with van der Waals surface area (Å²) in [6.45, 7) is 4.24. The normalized spacial score (nSPS) is 21.8. The van der Waals surface area contributed by atoms with Crippen molar-refractivity contribution in [2.45, 2.75) is 33.1 Å². The van der Waals surface area contributed by atoms with Crippen molar-refractivity contribution in [2.24, 2.45) is 11.8 Å². The Bertz CT molecular complexity index is 416. The summed E-state index contributed by atoms with van der Waals surface area (Å²) in [7, 11) is 0. The van der Waals surface area contributed by atoms with Gasteiger partial charge in [0.25, 0.3) is 0 Å². The number of hydrogen-bond donors (Lipinski definition) is 0. The van der Waals surface area contributed by atoms with Gasteiger partial charge in [-0.3, -0.25) is 4.79 Å². The molecule has 0 amide bonds. The molecule has 2 atom stereocenters. The maximum Gasteiger partial charge on any atom is 0.166 e. The van der Waals surface area contributed by atoms with Crippen LogP contribution in [0.2, 0.25) is 0 Å². The molecule has 0 aromatic heterocycles. The molecule has 0 aliphatic heterocycles. The smallest absolute Gasteiger partial charge is 0.166 e. The van der Waals surface area contributed by atoms with E-state index in [1.165, 1.54) is 18.4 Å². The fourth-order valence-electron chi connectivity index (χ4n) is 2.60. The van der Waals surface area contributed by atoms with Crippen molar-refractivity contribution in [1.29, 1.82) is 0 Å². The molecule has 0 N–H and O–H groups in total. The number of carbonyl (C=O) groups excluding carboxylic acids is 1. The van der Waals surface area contributed by atoms with Crippen LogP contribution in [0.5, 0.6) is 0 Å². The number of allylic oxidation sites excluding steroid dienone is 2. The van der Waals surface area contributed by atoms with E-state index in [0.29, 0.717) is 5.92 Å². The Morgan fingerprint density at radius 3 is 2.65 bits per heavy atom. The minimum atomic E-state index is 0.104. The Morgan fingerprint density at radius 2 is 2.00 bits per heavy atom. The molecule has 0 heterocycles. The number of Topliss-reactive ketones (excluding diaryl/α,β-unsaturated/α-hetero) is 1. The SMILES string of the molecule is CC1=CC(C(C)C(=O)c2ccccc2)CCC1. The molecule has 2 unspecified atom stereocenters. The van der Waals surface area contributed by atoms with Gasteiger partial charge < -0.3 is 0 Å². The summed E-state index contributed by atoms with van der Waals surface area (Å²) < 4.78 is 0. The van der Waals surface area contributed by atoms with E-state index in [9.17, 15) is 4.79 Å². The Kier molecular flexibility index (Phi) is 3.78. The summed E-state index contributed by atoms with van der Waals surface area (Å²) in [6, 6.07) is 9.65. The Hall–Kier alpha value is -1.37. The third kappa shape index (κ3) is 2.85. The molecular formula is C16H20O. The molecule has 1 aliphatic rings. The van der Waals surface area contributed by atoms with Gasteiger partial charge in [0.2, 0.25) is 0 Å². The quantitative estimate of drug-likeness (QED) is 0.558. The summed E-state index contributed by atoms with van der Waals surface area (Å²) in [4.78, 5) is 12.3. The largest absolute Gasteiger partial charge is 0.294 e. The Balaban J connectivity index is 2.12. The number of carbonyl (C=O) groups is 1. The monoisotopic (exact) mass is 228 g/mol. The number of rotatable bonds is 3. The van der Waals surface area contributed by atoms with Gasteiger partial charge in [0, 0.05) is 11.5 Å². The number of ketones is 1. The molecule has 1 aromatic rings. The average molecular weight is 228 g/mol. The highest BCUT2D eigenvalue weighted by Gasteiger charge is 2.24. The van der Waals surface area contributed by atoms with Crippen LogP contribution in [-0.2, 0) is 0 Å². The molecule has 0 saturated carbocycles. The van der Waals surface area contributed by atoms with Gasteiger partial charge >= 0.3 is 0 Å². The number of benzene rings is 1. The summed E-state index contributed by atoms with van der Waals surface area (Å²) in [5.41, 5.74) is 2.28. The molecule has 0 fully saturated rings. The van der Waals surface area contributed by atoms with Crippen LogP contribution in [0.1, 0.15) is 43.5 Å². The first kappa shape index (κ1) is 12.1. The van der Waals surface area contributed by atoms with E-state index >= 15 is 0 Å². The molecule has 0 spiro atoms. The highest BCUT2D eigenvalue weighted by Crippen LogP contribution is 2.30. The van der Waals surface area contributed by atoms with Crippen LogP contribution in [-0.4, -0.2) is 5.78 Å². The van der Waals surface area contributed by atoms with Gasteiger partial charge in [-0.05, 0) is 32.1 Å². The molecule has 1 heteroatoms. The standard InChI is InChI=1S/C16H20O/c1-12-7-6-10-15(11-12)13(2)16(17)14-8-4-3-5-9-14/h3-5,8-9,11,13,15H,6-7,10H2,1-2H3. The van der Waals surface area contributed by atoms with Crippen LogP contribution in [0, 0.1) is 11.8 Å². The highest BCUT2D eigenvalue weighted by molar-refractivity contribution is 5.97. The predicted molar refractivity (Wildman–Crippen MR) is 71.0 cm³/mol. The van der Waals surface area contributed by atoms with Crippen LogP contribution in [0.4, 0.5) is 0 Å². The topological polar surface area (TPSA) is 17.1 Å². The Labute approximate surface area is 104 Å². The van der Waals surface area contributed by atoms with Crippen LogP contribution in [0.3, 0.4) is 0 Å². The van der Waals surface area contributed by atoms with Crippen LogP contribution >= 0.6 is 0 Å². The van der Waals surface area contributed by atoms with Gasteiger partial charge in [-0.1, -0.05) is 48.9 Å². The van der Waals surface area contributed by atoms with Gasteiger partial charge in [0.05, 0.1) is 0 Å². The van der Waals surface area contributed by atoms with Gasteiger partial charge in [-0.2, -0.15) is 0 Å². The van der Waals surface area contributed by atoms with Gasteiger partial charge in [0.1, 0.15) is 0 Å². The minimum Gasteiger partial charge on any atom is -0.294 e. The lowest BCUT2D eigenvalue weighted by atomic mass is 9.79. The highest BCUT2D eigenvalue weighted by atomic mass is 16.1. The first-order chi connectivity index (χ1) is 8.18. The zero-order chi connectivity index (χ0) is 12.3. The van der Waals surface area contributed by atoms with Crippen LogP contribution in [0.15, 0.2) is 42.0 Å². The fourth-order valence-corrected chi connectivity index (χ4v) is 2.60. The lowest BCUT2D eigenvalue weighted by Crippen LogP contribution is -2.21. The maximum absolute atomic E-state index is 12.3. The lowest BCUT2D eigenvalue weighted by Gasteiger charge is -2.24. The van der Waals surface area contributed by atoms with Crippen molar-refractivity contribution in [3.63, 3.8) is 0 Å². The van der Waals surface area contributed by atoms with Crippen molar-refractivity contribution in [2.75, 3.05) is 0 Å². The molecule has 2 rings (SSSR count). The second kappa shape index (κ2) is 5.31. The summed E-state index contributed by atoms with van der Waals surface area (Å²) in [5, 5.41) is 0. The van der Waals surface area contributed by atoms with E-state index < -0.39 is 0 Å². The zero-order valence-corrected chi connectivity index (χ0v) is 10.6. The van der Waals surface area contributed by atoms with Crippen molar-refractivity contribution in [3.8, 4) is 0 Å². The first-order valence-electron chi connectivity index (χ1n) is 6.45. The average Bonchev–Trinajstić information content (AvgIpc) is 2.38.